The van der Waals surface area contributed by atoms with E-state index in [1.807, 2.05) is 0 Å². The lowest BCUT2D eigenvalue weighted by molar-refractivity contribution is -0.132. The number of carbonyl (C=O) groups excluding carboxylic acids is 2. The van der Waals surface area contributed by atoms with Gasteiger partial charge in [0.1, 0.15) is 22.8 Å². The number of carboxylic acid groups (broad SMARTS) is 1. The van der Waals surface area contributed by atoms with Crippen LogP contribution >= 0.6 is 0 Å². The molecule has 0 radical (unpaired) electrons. The number of carbonyl (C=O) groups is 3. The topological polar surface area (TPSA) is 132 Å². The molecule has 3 rings (SSSR count). The molecule has 0 amide bonds. The van der Waals surface area contributed by atoms with Crippen molar-refractivity contribution >= 4 is 23.1 Å². The van der Waals surface area contributed by atoms with Gasteiger partial charge in [-0.2, -0.15) is 0 Å². The van der Waals surface area contributed by atoms with Crippen LogP contribution in [0.25, 0.3) is 5.57 Å². The van der Waals surface area contributed by atoms with E-state index < -0.39 is 57.1 Å². The third kappa shape index (κ3) is 2.03. The normalized spacial score (nSPS) is 13.8. The van der Waals surface area contributed by atoms with Crippen molar-refractivity contribution in [3.8, 4) is 17.2 Å². The Morgan fingerprint density at radius 2 is 1.25 bits per heavy atom. The molecule has 0 aromatic heterocycles. The van der Waals surface area contributed by atoms with Crippen LogP contribution in [-0.2, 0) is 4.79 Å². The molecule has 120 valence electrons. The molecule has 0 atom stereocenters. The van der Waals surface area contributed by atoms with E-state index in [4.69, 9.17) is 0 Å². The lowest BCUT2D eigenvalue weighted by atomic mass is 9.80. The minimum Gasteiger partial charge on any atom is -0.507 e. The maximum Gasteiger partial charge on any atom is 0.340 e. The molecule has 1 aliphatic rings. The van der Waals surface area contributed by atoms with Crippen molar-refractivity contribution in [3.05, 3.63) is 58.7 Å². The molecule has 0 saturated heterocycles. The molecule has 0 fully saturated rings. The Morgan fingerprint density at radius 1 is 0.750 bits per heavy atom. The summed E-state index contributed by atoms with van der Waals surface area (Å²) in [5.74, 6) is -5.30. The van der Waals surface area contributed by atoms with Crippen molar-refractivity contribution in [2.45, 2.75) is 0 Å². The van der Waals surface area contributed by atoms with E-state index in [1.54, 1.807) is 0 Å². The third-order valence-corrected chi connectivity index (χ3v) is 3.70. The van der Waals surface area contributed by atoms with Crippen LogP contribution in [0.2, 0.25) is 0 Å². The molecule has 4 N–H and O–H groups in total. The highest BCUT2D eigenvalue weighted by Gasteiger charge is 2.39. The molecule has 0 heterocycles. The lowest BCUT2D eigenvalue weighted by Gasteiger charge is -2.20. The molecular weight excluding hydrogens is 316 g/mol. The summed E-state index contributed by atoms with van der Waals surface area (Å²) < 4.78 is 0. The highest BCUT2D eigenvalue weighted by atomic mass is 16.4. The van der Waals surface area contributed by atoms with Gasteiger partial charge in [-0.3, -0.25) is 9.59 Å². The first-order valence-electron chi connectivity index (χ1n) is 6.74. The van der Waals surface area contributed by atoms with E-state index in [1.165, 1.54) is 18.2 Å². The van der Waals surface area contributed by atoms with Gasteiger partial charge in [0.25, 0.3) is 0 Å². The van der Waals surface area contributed by atoms with Gasteiger partial charge in [0.05, 0.1) is 16.7 Å². The zero-order chi connectivity index (χ0) is 17.6. The van der Waals surface area contributed by atoms with E-state index in [-0.39, 0.29) is 5.56 Å². The summed E-state index contributed by atoms with van der Waals surface area (Å²) in [7, 11) is 0. The largest absolute Gasteiger partial charge is 0.507 e. The minimum atomic E-state index is -1.71. The fraction of sp³-hybridized carbons (Fsp3) is 0. The van der Waals surface area contributed by atoms with Crippen LogP contribution in [0.15, 0.2) is 42.0 Å². The summed E-state index contributed by atoms with van der Waals surface area (Å²) in [5, 5.41) is 39.1. The van der Waals surface area contributed by atoms with Crippen LogP contribution in [0.1, 0.15) is 26.3 Å². The number of aromatic hydroxyl groups is 3. The number of rotatable bonds is 2. The second-order valence-electron chi connectivity index (χ2n) is 5.08. The van der Waals surface area contributed by atoms with Gasteiger partial charge >= 0.3 is 5.97 Å². The summed E-state index contributed by atoms with van der Waals surface area (Å²) in [6.45, 7) is 0. The quantitative estimate of drug-likeness (QED) is 0.618. The predicted molar refractivity (Wildman–Crippen MR) is 81.1 cm³/mol. The summed E-state index contributed by atoms with van der Waals surface area (Å²) >= 11 is 0. The van der Waals surface area contributed by atoms with Crippen molar-refractivity contribution in [1.29, 1.82) is 0 Å². The van der Waals surface area contributed by atoms with Crippen molar-refractivity contribution in [2.24, 2.45) is 0 Å². The maximum atomic E-state index is 12.7. The molecule has 0 aliphatic heterocycles. The van der Waals surface area contributed by atoms with Crippen LogP contribution in [-0.4, -0.2) is 38.0 Å². The number of fused-ring (bicyclic) bond motifs is 1. The standard InChI is InChI=1S/C17H10O7/c18-8-4-1-3-7-11(8)16(22)14(17(23)24)13(15(7)21)12-9(19)5-2-6-10(12)20/h1-6,18-20H,(H,23,24). The molecule has 2 aromatic carbocycles. The number of hydrogen-bond donors (Lipinski definition) is 4. The van der Waals surface area contributed by atoms with E-state index in [9.17, 15) is 34.8 Å². The number of benzene rings is 2. The fourth-order valence-electron chi connectivity index (χ4n) is 2.68. The first-order valence-corrected chi connectivity index (χ1v) is 6.74. The Bertz CT molecular complexity index is 933. The Morgan fingerprint density at radius 3 is 1.79 bits per heavy atom. The Hall–Kier alpha value is -3.61. The number of aliphatic carboxylic acids is 1. The molecule has 0 saturated carbocycles. The van der Waals surface area contributed by atoms with Gasteiger partial charge < -0.3 is 20.4 Å². The summed E-state index contributed by atoms with van der Waals surface area (Å²) in [6.07, 6.45) is 0. The lowest BCUT2D eigenvalue weighted by Crippen LogP contribution is -2.26. The number of phenols is 3. The molecule has 0 bridgehead atoms. The number of ketones is 2. The van der Waals surface area contributed by atoms with Crippen LogP contribution in [0.3, 0.4) is 0 Å². The van der Waals surface area contributed by atoms with Gasteiger partial charge in [-0.25, -0.2) is 4.79 Å². The van der Waals surface area contributed by atoms with Crippen molar-refractivity contribution in [1.82, 2.24) is 0 Å². The van der Waals surface area contributed by atoms with Gasteiger partial charge in [-0.15, -0.1) is 0 Å². The van der Waals surface area contributed by atoms with Crippen molar-refractivity contribution in [2.75, 3.05) is 0 Å². The molecule has 2 aromatic rings. The highest BCUT2D eigenvalue weighted by molar-refractivity contribution is 6.47. The number of carboxylic acids is 1. The van der Waals surface area contributed by atoms with Crippen LogP contribution in [0.5, 0.6) is 17.2 Å². The van der Waals surface area contributed by atoms with E-state index in [0.717, 1.165) is 18.2 Å². The average molecular weight is 326 g/mol. The SMILES string of the molecule is O=C(O)C1=C(c2c(O)cccc2O)C(=O)c2cccc(O)c2C1=O. The smallest absolute Gasteiger partial charge is 0.340 e. The van der Waals surface area contributed by atoms with Crippen molar-refractivity contribution in [3.63, 3.8) is 0 Å². The zero-order valence-corrected chi connectivity index (χ0v) is 12.0. The van der Waals surface area contributed by atoms with E-state index in [2.05, 4.69) is 0 Å². The fourth-order valence-corrected chi connectivity index (χ4v) is 2.68. The van der Waals surface area contributed by atoms with Gasteiger partial charge in [0.15, 0.2) is 5.78 Å². The monoisotopic (exact) mass is 326 g/mol. The number of Topliss-reactive ketones (excluding diaryl/α,β-unsaturated/α-hetero) is 2. The van der Waals surface area contributed by atoms with Crippen LogP contribution in [0, 0.1) is 0 Å². The van der Waals surface area contributed by atoms with Gasteiger partial charge in [-0.1, -0.05) is 18.2 Å². The second kappa shape index (κ2) is 5.24. The van der Waals surface area contributed by atoms with Crippen LogP contribution in [0.4, 0.5) is 0 Å². The predicted octanol–water partition coefficient (Wildman–Crippen LogP) is 1.72. The van der Waals surface area contributed by atoms with Gasteiger partial charge in [0.2, 0.25) is 5.78 Å². The van der Waals surface area contributed by atoms with E-state index >= 15 is 0 Å². The molecule has 1 aliphatic carbocycles. The Kier molecular flexibility index (Phi) is 3.34. The molecule has 7 nitrogen and oxygen atoms in total. The summed E-state index contributed by atoms with van der Waals surface area (Å²) in [4.78, 5) is 36.8. The van der Waals surface area contributed by atoms with Crippen LogP contribution < -0.4 is 0 Å². The molecular formula is C17H10O7. The third-order valence-electron chi connectivity index (χ3n) is 3.70. The minimum absolute atomic E-state index is 0.206. The highest BCUT2D eigenvalue weighted by Crippen LogP contribution is 2.42. The first kappa shape index (κ1) is 15.3. The van der Waals surface area contributed by atoms with Gasteiger partial charge in [-0.05, 0) is 18.2 Å². The molecule has 24 heavy (non-hydrogen) atoms. The average Bonchev–Trinajstić information content (AvgIpc) is 2.51. The second-order valence-corrected chi connectivity index (χ2v) is 5.08. The van der Waals surface area contributed by atoms with Gasteiger partial charge in [0, 0.05) is 5.56 Å². The Balaban J connectivity index is 2.43. The molecule has 0 spiro atoms. The maximum absolute atomic E-state index is 12.7. The first-order chi connectivity index (χ1) is 11.3. The summed E-state index contributed by atoms with van der Waals surface area (Å²) in [6, 6.07) is 7.34. The summed E-state index contributed by atoms with van der Waals surface area (Å²) in [5.41, 5.74) is -2.62. The van der Waals surface area contributed by atoms with E-state index in [0.29, 0.717) is 0 Å². The molecule has 0 unspecified atom stereocenters. The number of hydrogen-bond acceptors (Lipinski definition) is 6. The number of phenolic OH excluding ortho intramolecular Hbond substituents is 3. The van der Waals surface area contributed by atoms with Crippen molar-refractivity contribution < 1.29 is 34.8 Å². The number of allylic oxidation sites excluding steroid dienone is 1. The molecule has 7 heteroatoms. The Labute approximate surface area is 134 Å². The zero-order valence-electron chi connectivity index (χ0n) is 12.0.